The van der Waals surface area contributed by atoms with Crippen LogP contribution >= 0.6 is 0 Å². The van der Waals surface area contributed by atoms with E-state index in [0.717, 1.165) is 29.7 Å². The molecule has 0 bridgehead atoms. The highest BCUT2D eigenvalue weighted by molar-refractivity contribution is 5.79. The van der Waals surface area contributed by atoms with Gasteiger partial charge in [0.05, 0.1) is 6.42 Å². The molecule has 0 radical (unpaired) electrons. The molecule has 0 unspecified atom stereocenters. The molecule has 5 rings (SSSR count). The summed E-state index contributed by atoms with van der Waals surface area (Å²) in [5.41, 5.74) is 3.08. The summed E-state index contributed by atoms with van der Waals surface area (Å²) in [4.78, 5) is 19.3. The van der Waals surface area contributed by atoms with Crippen molar-refractivity contribution in [2.45, 2.75) is 25.2 Å². The zero-order chi connectivity index (χ0) is 21.0. The maximum atomic E-state index is 12.8. The second-order valence-electron chi connectivity index (χ2n) is 7.91. The molecule has 0 N–H and O–H groups in total. The van der Waals surface area contributed by atoms with E-state index in [0.29, 0.717) is 31.2 Å². The molecule has 0 spiro atoms. The van der Waals surface area contributed by atoms with Gasteiger partial charge in [-0.1, -0.05) is 47.6 Å². The first-order valence-electron chi connectivity index (χ1n) is 10.7. The van der Waals surface area contributed by atoms with Crippen molar-refractivity contribution in [1.82, 2.24) is 19.6 Å². The Kier molecular flexibility index (Phi) is 5.35. The van der Waals surface area contributed by atoms with E-state index in [9.17, 15) is 4.79 Å². The van der Waals surface area contributed by atoms with Gasteiger partial charge in [-0.05, 0) is 42.7 Å². The van der Waals surface area contributed by atoms with Crippen LogP contribution in [0.2, 0.25) is 0 Å². The predicted octanol–water partition coefficient (Wildman–Crippen LogP) is 4.48. The van der Waals surface area contributed by atoms with Gasteiger partial charge in [-0.2, -0.15) is 4.98 Å². The SMILES string of the molecule is O=C(Cc1ccc(-n2cccc2)cc1)N1CCC(c2nc(-c3ccccc3)no2)CC1. The number of likely N-dealkylation sites (tertiary alicyclic amines) is 1. The van der Waals surface area contributed by atoms with Crippen molar-refractivity contribution >= 4 is 5.91 Å². The van der Waals surface area contributed by atoms with E-state index in [1.54, 1.807) is 0 Å². The zero-order valence-corrected chi connectivity index (χ0v) is 17.2. The first kappa shape index (κ1) is 19.3. The third-order valence-electron chi connectivity index (χ3n) is 5.86. The summed E-state index contributed by atoms with van der Waals surface area (Å²) in [6, 6.07) is 22.0. The molecule has 3 heterocycles. The lowest BCUT2D eigenvalue weighted by Crippen LogP contribution is -2.38. The second kappa shape index (κ2) is 8.60. The van der Waals surface area contributed by atoms with E-state index in [1.165, 1.54) is 0 Å². The van der Waals surface area contributed by atoms with Gasteiger partial charge in [0.15, 0.2) is 0 Å². The van der Waals surface area contributed by atoms with Crippen molar-refractivity contribution in [3.63, 3.8) is 0 Å². The van der Waals surface area contributed by atoms with Crippen molar-refractivity contribution < 1.29 is 9.32 Å². The summed E-state index contributed by atoms with van der Waals surface area (Å²) in [5, 5.41) is 4.13. The molecule has 156 valence electrons. The molecule has 2 aromatic heterocycles. The van der Waals surface area contributed by atoms with Gasteiger partial charge in [0.2, 0.25) is 17.6 Å². The lowest BCUT2D eigenvalue weighted by Gasteiger charge is -2.30. The molecule has 0 saturated carbocycles. The van der Waals surface area contributed by atoms with Crippen LogP contribution in [0.15, 0.2) is 83.6 Å². The minimum absolute atomic E-state index is 0.169. The molecule has 2 aromatic carbocycles. The third-order valence-corrected chi connectivity index (χ3v) is 5.86. The molecule has 1 fully saturated rings. The number of piperidine rings is 1. The summed E-state index contributed by atoms with van der Waals surface area (Å²) in [6.45, 7) is 1.43. The highest BCUT2D eigenvalue weighted by Gasteiger charge is 2.27. The second-order valence-corrected chi connectivity index (χ2v) is 7.91. The van der Waals surface area contributed by atoms with Crippen LogP contribution in [0.3, 0.4) is 0 Å². The van der Waals surface area contributed by atoms with Gasteiger partial charge in [-0.3, -0.25) is 4.79 Å². The Morgan fingerprint density at radius 2 is 1.65 bits per heavy atom. The Morgan fingerprint density at radius 3 is 2.35 bits per heavy atom. The lowest BCUT2D eigenvalue weighted by atomic mass is 9.96. The van der Waals surface area contributed by atoms with E-state index in [4.69, 9.17) is 4.52 Å². The first-order chi connectivity index (χ1) is 15.3. The molecule has 6 heteroatoms. The maximum Gasteiger partial charge on any atom is 0.230 e. The highest BCUT2D eigenvalue weighted by Crippen LogP contribution is 2.28. The number of benzene rings is 2. The van der Waals surface area contributed by atoms with E-state index in [-0.39, 0.29) is 11.8 Å². The van der Waals surface area contributed by atoms with E-state index in [2.05, 4.69) is 26.8 Å². The number of carbonyl (C=O) groups is 1. The van der Waals surface area contributed by atoms with Crippen LogP contribution in [0.1, 0.15) is 30.2 Å². The minimum atomic E-state index is 0.169. The lowest BCUT2D eigenvalue weighted by molar-refractivity contribution is -0.131. The third kappa shape index (κ3) is 4.28. The minimum Gasteiger partial charge on any atom is -0.342 e. The number of carbonyl (C=O) groups excluding carboxylic acids is 1. The molecule has 1 aliphatic rings. The molecule has 1 aliphatic heterocycles. The quantitative estimate of drug-likeness (QED) is 0.485. The van der Waals surface area contributed by atoms with Crippen LogP contribution in [0, 0.1) is 0 Å². The number of hydrogen-bond donors (Lipinski definition) is 0. The summed E-state index contributed by atoms with van der Waals surface area (Å²) >= 11 is 0. The number of rotatable bonds is 5. The van der Waals surface area contributed by atoms with Gasteiger partial charge in [0.25, 0.3) is 0 Å². The predicted molar refractivity (Wildman–Crippen MR) is 118 cm³/mol. The van der Waals surface area contributed by atoms with E-state index < -0.39 is 0 Å². The number of nitrogens with zero attached hydrogens (tertiary/aromatic N) is 4. The van der Waals surface area contributed by atoms with Crippen LogP contribution in [-0.4, -0.2) is 38.6 Å². The van der Waals surface area contributed by atoms with Gasteiger partial charge < -0.3 is 14.0 Å². The van der Waals surface area contributed by atoms with Crippen molar-refractivity contribution in [2.24, 2.45) is 0 Å². The molecule has 1 saturated heterocycles. The molecule has 0 aliphatic carbocycles. The summed E-state index contributed by atoms with van der Waals surface area (Å²) < 4.78 is 7.58. The monoisotopic (exact) mass is 412 g/mol. The summed E-state index contributed by atoms with van der Waals surface area (Å²) in [7, 11) is 0. The van der Waals surface area contributed by atoms with Crippen LogP contribution in [0.5, 0.6) is 0 Å². The largest absolute Gasteiger partial charge is 0.342 e. The normalized spacial score (nSPS) is 14.6. The fraction of sp³-hybridized carbons (Fsp3) is 0.240. The standard InChI is InChI=1S/C25H24N4O2/c30-23(18-19-8-10-22(11-9-19)28-14-4-5-15-28)29-16-12-21(13-17-29)25-26-24(27-31-25)20-6-2-1-3-7-20/h1-11,14-15,21H,12-13,16-18H2. The summed E-state index contributed by atoms with van der Waals surface area (Å²) in [5.74, 6) is 1.67. The molecule has 6 nitrogen and oxygen atoms in total. The van der Waals surface area contributed by atoms with Crippen LogP contribution < -0.4 is 0 Å². The summed E-state index contributed by atoms with van der Waals surface area (Å²) in [6.07, 6.45) is 6.13. The Morgan fingerprint density at radius 1 is 0.935 bits per heavy atom. The zero-order valence-electron chi connectivity index (χ0n) is 17.2. The van der Waals surface area contributed by atoms with Crippen molar-refractivity contribution in [3.8, 4) is 17.1 Å². The van der Waals surface area contributed by atoms with Crippen molar-refractivity contribution in [3.05, 3.63) is 90.6 Å². The average Bonchev–Trinajstić information content (AvgIpc) is 3.53. The van der Waals surface area contributed by atoms with Crippen LogP contribution in [-0.2, 0) is 11.2 Å². The Bertz CT molecular complexity index is 1130. The van der Waals surface area contributed by atoms with E-state index >= 15 is 0 Å². The fourth-order valence-corrected chi connectivity index (χ4v) is 4.06. The molecule has 4 aromatic rings. The molecule has 1 amide bonds. The van der Waals surface area contributed by atoms with Gasteiger partial charge in [0.1, 0.15) is 0 Å². The number of aromatic nitrogens is 3. The Labute approximate surface area is 181 Å². The van der Waals surface area contributed by atoms with Gasteiger partial charge in [-0.25, -0.2) is 0 Å². The number of hydrogen-bond acceptors (Lipinski definition) is 4. The number of amides is 1. The molecular formula is C25H24N4O2. The molecular weight excluding hydrogens is 388 g/mol. The fourth-order valence-electron chi connectivity index (χ4n) is 4.06. The van der Waals surface area contributed by atoms with Crippen molar-refractivity contribution in [1.29, 1.82) is 0 Å². The molecule has 31 heavy (non-hydrogen) atoms. The van der Waals surface area contributed by atoms with E-state index in [1.807, 2.05) is 71.9 Å². The maximum absolute atomic E-state index is 12.8. The van der Waals surface area contributed by atoms with Gasteiger partial charge in [0, 0.05) is 42.7 Å². The van der Waals surface area contributed by atoms with Gasteiger partial charge in [-0.15, -0.1) is 0 Å². The average molecular weight is 412 g/mol. The van der Waals surface area contributed by atoms with Crippen LogP contribution in [0.25, 0.3) is 17.1 Å². The van der Waals surface area contributed by atoms with Crippen molar-refractivity contribution in [2.75, 3.05) is 13.1 Å². The highest BCUT2D eigenvalue weighted by atomic mass is 16.5. The topological polar surface area (TPSA) is 64.2 Å². The van der Waals surface area contributed by atoms with Gasteiger partial charge >= 0.3 is 0 Å². The first-order valence-corrected chi connectivity index (χ1v) is 10.7. The Hall–Kier alpha value is -3.67. The molecule has 0 atom stereocenters. The smallest absolute Gasteiger partial charge is 0.230 e. The Balaban J connectivity index is 1.16. The van der Waals surface area contributed by atoms with Crippen LogP contribution in [0.4, 0.5) is 0 Å².